The lowest BCUT2D eigenvalue weighted by Crippen LogP contribution is -2.25. The van der Waals surface area contributed by atoms with Gasteiger partial charge in [0.05, 0.1) is 5.70 Å². The summed E-state index contributed by atoms with van der Waals surface area (Å²) >= 11 is 6.95. The Morgan fingerprint density at radius 2 is 1.92 bits per heavy atom. The van der Waals surface area contributed by atoms with E-state index in [1.165, 1.54) is 5.57 Å². The lowest BCUT2D eigenvalue weighted by atomic mass is 10.1. The van der Waals surface area contributed by atoms with Crippen LogP contribution < -0.4 is 10.6 Å². The Balaban J connectivity index is 0.00000277. The van der Waals surface area contributed by atoms with Crippen LogP contribution in [0.2, 0.25) is 0 Å². The number of hydrogen-bond donors (Lipinski definition) is 2. The molecule has 1 fully saturated rings. The van der Waals surface area contributed by atoms with Crippen LogP contribution in [0.1, 0.15) is 59.3 Å². The highest BCUT2D eigenvalue weighted by atomic mass is 79.9. The Morgan fingerprint density at radius 3 is 2.44 bits per heavy atom. The molecule has 0 saturated heterocycles. The van der Waals surface area contributed by atoms with Crippen LogP contribution in [0.25, 0.3) is 0 Å². The largest absolute Gasteiger partial charge is 0.355 e. The smallest absolute Gasteiger partial charge is 0.227 e. The summed E-state index contributed by atoms with van der Waals surface area (Å²) in [5.74, 6) is 0.190. The minimum absolute atomic E-state index is 0.0509. The molecular weight excluding hydrogens is 448 g/mol. The molecule has 1 saturated carbocycles. The molecule has 0 bridgehead atoms. The molecule has 2 amide bonds. The number of unbranched alkanes of at least 4 members (excludes halogenated alkanes) is 1. The first-order valence-electron chi connectivity index (χ1n) is 8.94. The summed E-state index contributed by atoms with van der Waals surface area (Å²) in [4.78, 5) is 24.3. The van der Waals surface area contributed by atoms with Gasteiger partial charge in [0.1, 0.15) is 0 Å². The van der Waals surface area contributed by atoms with Gasteiger partial charge in [0.2, 0.25) is 12.3 Å². The molecule has 0 atom stereocenters. The second-order valence-electron chi connectivity index (χ2n) is 5.53. The van der Waals surface area contributed by atoms with E-state index in [1.807, 2.05) is 24.9 Å². The van der Waals surface area contributed by atoms with Crippen LogP contribution in [0, 0.1) is 5.92 Å². The molecule has 4 nitrogen and oxygen atoms in total. The molecule has 2 N–H and O–H groups in total. The van der Waals surface area contributed by atoms with Gasteiger partial charge in [-0.2, -0.15) is 0 Å². The summed E-state index contributed by atoms with van der Waals surface area (Å²) in [5, 5.41) is 5.52. The van der Waals surface area contributed by atoms with E-state index in [4.69, 9.17) is 0 Å². The Kier molecular flexibility index (Phi) is 14.8. The minimum atomic E-state index is 0.0509. The fourth-order valence-corrected chi connectivity index (χ4v) is 2.77. The first-order chi connectivity index (χ1) is 12.1. The molecule has 1 aliphatic carbocycles. The molecular formula is C19H30Br2N2O2. The first kappa shape index (κ1) is 24.1. The maximum absolute atomic E-state index is 12.0. The number of hydrogen-bond acceptors (Lipinski definition) is 2. The number of rotatable bonds is 11. The third kappa shape index (κ3) is 11.4. The van der Waals surface area contributed by atoms with Crippen molar-refractivity contribution < 1.29 is 9.59 Å². The van der Waals surface area contributed by atoms with Gasteiger partial charge in [0.15, 0.2) is 0 Å². The monoisotopic (exact) mass is 476 g/mol. The van der Waals surface area contributed by atoms with Crippen molar-refractivity contribution in [3.05, 3.63) is 32.9 Å². The maximum Gasteiger partial charge on any atom is 0.227 e. The summed E-state index contributed by atoms with van der Waals surface area (Å²) in [5.41, 5.74) is 2.02. The van der Waals surface area contributed by atoms with Crippen molar-refractivity contribution in [3.8, 4) is 0 Å². The molecule has 0 spiro atoms. The molecule has 25 heavy (non-hydrogen) atoms. The zero-order valence-electron chi connectivity index (χ0n) is 15.4. The Bertz CT molecular complexity index is 496. The van der Waals surface area contributed by atoms with Crippen LogP contribution in [-0.4, -0.2) is 18.9 Å². The molecule has 0 aromatic rings. The first-order valence-corrected chi connectivity index (χ1v) is 10.6. The fraction of sp³-hybridized carbons (Fsp3) is 0.579. The Morgan fingerprint density at radius 1 is 1.24 bits per heavy atom. The Hall–Kier alpha value is -0.880. The number of halogens is 2. The van der Waals surface area contributed by atoms with Crippen molar-refractivity contribution in [3.63, 3.8) is 0 Å². The SMILES string of the molecule is CC.CCCC/C(=C\Br)C/C=C(Br)\C(=C/CNC=O)NC(=O)C1CC1. The van der Waals surface area contributed by atoms with E-state index in [0.29, 0.717) is 18.7 Å². The van der Waals surface area contributed by atoms with Gasteiger partial charge in [-0.05, 0) is 59.1 Å². The third-order valence-corrected chi connectivity index (χ3v) is 4.92. The van der Waals surface area contributed by atoms with Crippen molar-refractivity contribution in [1.82, 2.24) is 10.6 Å². The van der Waals surface area contributed by atoms with Crippen molar-refractivity contribution in [2.24, 2.45) is 5.92 Å². The molecule has 0 aliphatic heterocycles. The molecule has 0 heterocycles. The summed E-state index contributed by atoms with van der Waals surface area (Å²) in [6.07, 6.45) is 10.6. The van der Waals surface area contributed by atoms with Crippen LogP contribution in [0.4, 0.5) is 0 Å². The summed E-state index contributed by atoms with van der Waals surface area (Å²) in [7, 11) is 0. The molecule has 1 rings (SSSR count). The predicted molar refractivity (Wildman–Crippen MR) is 113 cm³/mol. The van der Waals surface area contributed by atoms with Crippen molar-refractivity contribution in [1.29, 1.82) is 0 Å². The van der Waals surface area contributed by atoms with Crippen LogP contribution >= 0.6 is 31.9 Å². The third-order valence-electron chi connectivity index (χ3n) is 3.52. The lowest BCUT2D eigenvalue weighted by molar-refractivity contribution is -0.121. The number of carbonyl (C=O) groups is 2. The van der Waals surface area contributed by atoms with E-state index in [0.717, 1.165) is 43.0 Å². The van der Waals surface area contributed by atoms with Gasteiger partial charge in [-0.1, -0.05) is 54.8 Å². The van der Waals surface area contributed by atoms with Crippen LogP contribution in [-0.2, 0) is 9.59 Å². The average molecular weight is 478 g/mol. The quantitative estimate of drug-likeness (QED) is 0.241. The average Bonchev–Trinajstić information content (AvgIpc) is 3.48. The molecule has 0 aromatic heterocycles. The van der Waals surface area contributed by atoms with E-state index in [9.17, 15) is 9.59 Å². The van der Waals surface area contributed by atoms with E-state index < -0.39 is 0 Å². The highest BCUT2D eigenvalue weighted by molar-refractivity contribution is 9.12. The van der Waals surface area contributed by atoms with Gasteiger partial charge >= 0.3 is 0 Å². The molecule has 1 aliphatic rings. The topological polar surface area (TPSA) is 58.2 Å². The maximum atomic E-state index is 12.0. The fourth-order valence-electron chi connectivity index (χ4n) is 1.93. The van der Waals surface area contributed by atoms with Gasteiger partial charge in [-0.15, -0.1) is 0 Å². The second-order valence-corrected chi connectivity index (χ2v) is 6.85. The Labute approximate surface area is 168 Å². The number of nitrogens with one attached hydrogen (secondary N) is 2. The van der Waals surface area contributed by atoms with E-state index >= 15 is 0 Å². The van der Waals surface area contributed by atoms with E-state index in [-0.39, 0.29) is 11.8 Å². The summed E-state index contributed by atoms with van der Waals surface area (Å²) < 4.78 is 0.836. The molecule has 0 aromatic carbocycles. The van der Waals surface area contributed by atoms with E-state index in [2.05, 4.69) is 49.4 Å². The predicted octanol–water partition coefficient (Wildman–Crippen LogP) is 5.31. The standard InChI is InChI=1S/C17H24Br2N2O2.C2H6/c1-2-3-4-13(11-18)5-8-15(19)16(9-10-20-12-22)21-17(23)14-6-7-14;1-2/h8-9,11-12,14H,2-7,10H2,1H3,(H,20,22)(H,21,23);1-2H3/b13-11+,15-8+,16-9+;. The number of carbonyl (C=O) groups excluding carboxylic acids is 2. The molecule has 6 heteroatoms. The van der Waals surface area contributed by atoms with E-state index in [1.54, 1.807) is 6.08 Å². The summed E-state index contributed by atoms with van der Waals surface area (Å²) in [6, 6.07) is 0. The molecule has 0 unspecified atom stereocenters. The zero-order chi connectivity index (χ0) is 19.1. The van der Waals surface area contributed by atoms with Gasteiger partial charge < -0.3 is 10.6 Å². The van der Waals surface area contributed by atoms with Crippen molar-refractivity contribution in [2.75, 3.05) is 6.54 Å². The number of allylic oxidation sites excluding steroid dienone is 3. The van der Waals surface area contributed by atoms with Crippen LogP contribution in [0.15, 0.2) is 32.9 Å². The highest BCUT2D eigenvalue weighted by Gasteiger charge is 2.30. The van der Waals surface area contributed by atoms with Gasteiger partial charge in [0.25, 0.3) is 0 Å². The van der Waals surface area contributed by atoms with Gasteiger partial charge in [-0.3, -0.25) is 9.59 Å². The minimum Gasteiger partial charge on any atom is -0.355 e. The second kappa shape index (κ2) is 15.4. The van der Waals surface area contributed by atoms with Crippen molar-refractivity contribution in [2.45, 2.75) is 59.3 Å². The zero-order valence-corrected chi connectivity index (χ0v) is 18.6. The lowest BCUT2D eigenvalue weighted by Gasteiger charge is -2.10. The molecule has 142 valence electrons. The highest BCUT2D eigenvalue weighted by Crippen LogP contribution is 2.30. The van der Waals surface area contributed by atoms with Crippen LogP contribution in [0.5, 0.6) is 0 Å². The van der Waals surface area contributed by atoms with Gasteiger partial charge in [-0.25, -0.2) is 0 Å². The normalized spacial score (nSPS) is 15.2. The number of amides is 2. The summed E-state index contributed by atoms with van der Waals surface area (Å²) in [6.45, 7) is 6.55. The van der Waals surface area contributed by atoms with Gasteiger partial charge in [0, 0.05) is 16.9 Å². The van der Waals surface area contributed by atoms with Crippen molar-refractivity contribution >= 4 is 44.2 Å². The van der Waals surface area contributed by atoms with Crippen LogP contribution in [0.3, 0.4) is 0 Å². The molecule has 0 radical (unpaired) electrons.